The molecule has 2 aromatic carbocycles. The van der Waals surface area contributed by atoms with Gasteiger partial charge in [0, 0.05) is 36.9 Å². The van der Waals surface area contributed by atoms with Crippen molar-refractivity contribution in [3.05, 3.63) is 102 Å². The molecule has 1 saturated heterocycles. The van der Waals surface area contributed by atoms with E-state index in [2.05, 4.69) is 30.8 Å². The number of quaternary nitrogens is 1. The molecule has 11 nitrogen and oxygen atoms in total. The number of carbonyl (C=O) groups is 2. The number of para-hydroxylation sites is 1. The number of aliphatic imine (C=N–C) groups is 1. The maximum absolute atomic E-state index is 12.8. The molecule has 1 atom stereocenters. The molecule has 3 amide bonds. The van der Waals surface area contributed by atoms with Crippen molar-refractivity contribution < 1.29 is 19.2 Å². The van der Waals surface area contributed by atoms with Crippen LogP contribution in [0.1, 0.15) is 15.9 Å². The van der Waals surface area contributed by atoms with Crippen molar-refractivity contribution in [1.29, 1.82) is 0 Å². The highest BCUT2D eigenvalue weighted by atomic mass is 16.5. The third-order valence-corrected chi connectivity index (χ3v) is 7.13. The molecule has 1 aromatic heterocycles. The van der Waals surface area contributed by atoms with Gasteiger partial charge in [0.2, 0.25) is 0 Å². The van der Waals surface area contributed by atoms with Crippen LogP contribution in [0.15, 0.2) is 96.1 Å². The van der Waals surface area contributed by atoms with Crippen LogP contribution in [-0.2, 0) is 4.74 Å². The number of benzene rings is 2. The summed E-state index contributed by atoms with van der Waals surface area (Å²) in [4.78, 5) is 39.5. The third kappa shape index (κ3) is 5.81. The summed E-state index contributed by atoms with van der Waals surface area (Å²) in [7, 11) is 0. The number of pyridine rings is 1. The lowest BCUT2D eigenvalue weighted by molar-refractivity contribution is -0.743. The number of rotatable bonds is 6. The van der Waals surface area contributed by atoms with Gasteiger partial charge in [-0.25, -0.2) is 14.7 Å². The highest BCUT2D eigenvalue weighted by Crippen LogP contribution is 2.28. The highest BCUT2D eigenvalue weighted by molar-refractivity contribution is 6.01. The number of fused-ring (bicyclic) bond motifs is 1. The molecule has 4 N–H and O–H groups in total. The fourth-order valence-electron chi connectivity index (χ4n) is 4.98. The molecule has 3 aliphatic heterocycles. The first-order valence-corrected chi connectivity index (χ1v) is 13.5. The van der Waals surface area contributed by atoms with Crippen LogP contribution in [-0.4, -0.2) is 60.6 Å². The lowest BCUT2D eigenvalue weighted by Crippen LogP contribution is -3.12. The molecule has 11 heteroatoms. The summed E-state index contributed by atoms with van der Waals surface area (Å²) < 4.78 is 5.35. The number of anilines is 4. The van der Waals surface area contributed by atoms with E-state index in [9.17, 15) is 9.59 Å². The van der Waals surface area contributed by atoms with E-state index in [1.165, 1.54) is 0 Å². The first-order chi connectivity index (χ1) is 20.0. The van der Waals surface area contributed by atoms with Gasteiger partial charge in [-0.05, 0) is 48.9 Å². The smallest absolute Gasteiger partial charge is 0.323 e. The Balaban J connectivity index is 1.19. The zero-order valence-corrected chi connectivity index (χ0v) is 22.6. The van der Waals surface area contributed by atoms with E-state index in [-0.39, 0.29) is 11.9 Å². The third-order valence-electron chi connectivity index (χ3n) is 7.13. The summed E-state index contributed by atoms with van der Waals surface area (Å²) in [6.45, 7) is 4.89. The minimum Gasteiger partial charge on any atom is -0.378 e. The number of hydrogen-bond acceptors (Lipinski definition) is 7. The Morgan fingerprint density at radius 1 is 0.976 bits per heavy atom. The molecule has 3 aromatic rings. The zero-order chi connectivity index (χ0) is 28.2. The molecule has 0 saturated carbocycles. The Morgan fingerprint density at radius 2 is 1.80 bits per heavy atom. The number of nitrogens with zero attached hydrogens (tertiary/aromatic N) is 4. The second-order valence-corrected chi connectivity index (χ2v) is 9.85. The molecule has 3 aliphatic rings. The Kier molecular flexibility index (Phi) is 7.44. The van der Waals surface area contributed by atoms with Crippen molar-refractivity contribution in [2.45, 2.75) is 6.92 Å². The van der Waals surface area contributed by atoms with Crippen molar-refractivity contribution in [3.63, 3.8) is 0 Å². The van der Waals surface area contributed by atoms with Crippen molar-refractivity contribution >= 4 is 40.7 Å². The molecule has 1 fully saturated rings. The normalized spacial score (nSPS) is 17.8. The van der Waals surface area contributed by atoms with Gasteiger partial charge in [-0.3, -0.25) is 9.69 Å². The van der Waals surface area contributed by atoms with E-state index >= 15 is 0 Å². The van der Waals surface area contributed by atoms with Crippen molar-refractivity contribution in [2.75, 3.05) is 53.8 Å². The van der Waals surface area contributed by atoms with Gasteiger partial charge in [-0.1, -0.05) is 24.3 Å². The maximum Gasteiger partial charge on any atom is 0.323 e. The first-order valence-electron chi connectivity index (χ1n) is 13.5. The summed E-state index contributed by atoms with van der Waals surface area (Å²) in [6, 6.07) is 18.4. The van der Waals surface area contributed by atoms with Gasteiger partial charge in [0.1, 0.15) is 17.7 Å². The molecule has 6 rings (SSSR count). The average molecular weight is 552 g/mol. The molecular formula is C30H31N8O3+. The van der Waals surface area contributed by atoms with Crippen LogP contribution in [0.4, 0.5) is 27.7 Å². The monoisotopic (exact) mass is 551 g/mol. The Morgan fingerprint density at radius 3 is 2.59 bits per heavy atom. The average Bonchev–Trinajstić information content (AvgIpc) is 3.48. The largest absolute Gasteiger partial charge is 0.378 e. The minimum atomic E-state index is -0.308. The number of hydrogen-bond donors (Lipinski definition) is 4. The molecule has 0 aliphatic carbocycles. The first kappa shape index (κ1) is 26.2. The van der Waals surface area contributed by atoms with Crippen molar-refractivity contribution in [3.8, 4) is 0 Å². The second kappa shape index (κ2) is 11.6. The van der Waals surface area contributed by atoms with E-state index < -0.39 is 0 Å². The van der Waals surface area contributed by atoms with Gasteiger partial charge < -0.3 is 25.6 Å². The zero-order valence-electron chi connectivity index (χ0n) is 22.6. The summed E-state index contributed by atoms with van der Waals surface area (Å²) in [5.74, 6) is 1.41. The molecule has 0 bridgehead atoms. The SMILES string of the molecule is Cc1c(NC(=O)Nc2ccccc2)cccc1N1C=C(Nc2ccc(C(=O)N3CCOCC3)cn2)C2=NC=C[NH+]2C1. The number of amidine groups is 1. The van der Waals surface area contributed by atoms with Gasteiger partial charge in [0.05, 0.1) is 30.7 Å². The topological polar surface area (TPSA) is 116 Å². The number of ether oxygens (including phenoxy) is 1. The van der Waals surface area contributed by atoms with E-state index in [1.807, 2.05) is 67.9 Å². The fourth-order valence-corrected chi connectivity index (χ4v) is 4.98. The van der Waals surface area contributed by atoms with Crippen LogP contribution >= 0.6 is 0 Å². The van der Waals surface area contributed by atoms with Gasteiger partial charge >= 0.3 is 6.03 Å². The number of carbonyl (C=O) groups excluding carboxylic acids is 2. The van der Waals surface area contributed by atoms with Crippen LogP contribution in [0.25, 0.3) is 0 Å². The lowest BCUT2D eigenvalue weighted by atomic mass is 10.1. The minimum absolute atomic E-state index is 0.0446. The second-order valence-electron chi connectivity index (χ2n) is 9.85. The van der Waals surface area contributed by atoms with Crippen LogP contribution in [0.5, 0.6) is 0 Å². The van der Waals surface area contributed by atoms with E-state index in [0.717, 1.165) is 33.4 Å². The predicted octanol–water partition coefficient (Wildman–Crippen LogP) is 3.01. The number of morpholine rings is 1. The molecular weight excluding hydrogens is 520 g/mol. The standard InChI is InChI=1S/C30H30N8O3/c1-21-24(35-30(40)33-23-6-3-2-4-7-23)8-5-9-26(21)38-19-25(28-31-12-13-37(28)20-38)34-27-11-10-22(18-32-27)29(39)36-14-16-41-17-15-36/h2-13,18-19H,14-17,20H2,1H3,(H,32,34)(H2,33,35,40)/p+1. The van der Waals surface area contributed by atoms with Gasteiger partial charge in [-0.2, -0.15) is 4.99 Å². The number of amides is 3. The van der Waals surface area contributed by atoms with Crippen LogP contribution in [0.2, 0.25) is 0 Å². The summed E-state index contributed by atoms with van der Waals surface area (Å²) in [5, 5.41) is 9.21. The summed E-state index contributed by atoms with van der Waals surface area (Å²) in [6.07, 6.45) is 7.39. The summed E-state index contributed by atoms with van der Waals surface area (Å²) >= 11 is 0. The molecule has 208 valence electrons. The van der Waals surface area contributed by atoms with Crippen LogP contribution < -0.4 is 25.8 Å². The molecule has 41 heavy (non-hydrogen) atoms. The number of nitrogens with one attached hydrogen (secondary N) is 4. The Hall–Kier alpha value is -5.00. The molecule has 0 radical (unpaired) electrons. The maximum atomic E-state index is 12.8. The predicted molar refractivity (Wildman–Crippen MR) is 158 cm³/mol. The quantitative estimate of drug-likeness (QED) is 0.375. The van der Waals surface area contributed by atoms with Gasteiger partial charge in [0.15, 0.2) is 6.67 Å². The van der Waals surface area contributed by atoms with E-state index in [4.69, 9.17) is 4.74 Å². The molecule has 4 heterocycles. The molecule has 1 unspecified atom stereocenters. The Labute approximate surface area is 237 Å². The van der Waals surface area contributed by atoms with E-state index in [0.29, 0.717) is 50.0 Å². The Bertz CT molecular complexity index is 1530. The van der Waals surface area contributed by atoms with E-state index in [1.54, 1.807) is 29.4 Å². The lowest BCUT2D eigenvalue weighted by Gasteiger charge is -2.31. The number of urea groups is 1. The van der Waals surface area contributed by atoms with Crippen molar-refractivity contribution in [2.24, 2.45) is 4.99 Å². The number of aromatic nitrogens is 1. The summed E-state index contributed by atoms with van der Waals surface area (Å²) in [5.41, 5.74) is 4.64. The van der Waals surface area contributed by atoms with Crippen LogP contribution in [0.3, 0.4) is 0 Å². The highest BCUT2D eigenvalue weighted by Gasteiger charge is 2.32. The van der Waals surface area contributed by atoms with Crippen molar-refractivity contribution in [1.82, 2.24) is 9.88 Å². The molecule has 0 spiro atoms. The van der Waals surface area contributed by atoms with Gasteiger partial charge in [-0.15, -0.1) is 0 Å². The van der Waals surface area contributed by atoms with Gasteiger partial charge in [0.25, 0.3) is 11.7 Å². The fraction of sp³-hybridized carbons (Fsp3) is 0.200. The van der Waals surface area contributed by atoms with Crippen LogP contribution in [0, 0.1) is 6.92 Å².